The van der Waals surface area contributed by atoms with E-state index in [2.05, 4.69) is 5.48 Å². The van der Waals surface area contributed by atoms with Crippen molar-refractivity contribution in [1.29, 1.82) is 0 Å². The highest BCUT2D eigenvalue weighted by Gasteiger charge is 2.02. The van der Waals surface area contributed by atoms with Crippen LogP contribution in [0.2, 0.25) is 0 Å². The molecular formula is C15H11F2NO2. The molecule has 0 spiro atoms. The van der Waals surface area contributed by atoms with Crippen molar-refractivity contribution in [1.82, 2.24) is 0 Å². The molecule has 0 aliphatic heterocycles. The fourth-order valence-electron chi connectivity index (χ4n) is 1.45. The molecule has 0 saturated carbocycles. The van der Waals surface area contributed by atoms with Crippen molar-refractivity contribution in [2.24, 2.45) is 0 Å². The monoisotopic (exact) mass is 275 g/mol. The summed E-state index contributed by atoms with van der Waals surface area (Å²) in [4.78, 5) is 16.1. The Hall–Kier alpha value is -2.69. The molecule has 0 aliphatic rings. The molecule has 2 aromatic carbocycles. The van der Waals surface area contributed by atoms with Crippen LogP contribution in [0.25, 0.3) is 6.08 Å². The van der Waals surface area contributed by atoms with E-state index >= 15 is 0 Å². The Morgan fingerprint density at radius 1 is 1.10 bits per heavy atom. The summed E-state index contributed by atoms with van der Waals surface area (Å²) in [7, 11) is 0. The first-order valence-corrected chi connectivity index (χ1v) is 5.80. The van der Waals surface area contributed by atoms with Gasteiger partial charge in [-0.3, -0.25) is 0 Å². The minimum Gasteiger partial charge on any atom is -0.339 e. The van der Waals surface area contributed by atoms with Crippen LogP contribution >= 0.6 is 0 Å². The van der Waals surface area contributed by atoms with Gasteiger partial charge < -0.3 is 4.84 Å². The fourth-order valence-corrected chi connectivity index (χ4v) is 1.45. The highest BCUT2D eigenvalue weighted by atomic mass is 19.1. The van der Waals surface area contributed by atoms with Gasteiger partial charge in [0, 0.05) is 11.6 Å². The summed E-state index contributed by atoms with van der Waals surface area (Å²) in [5.74, 6) is -1.93. The van der Waals surface area contributed by atoms with Gasteiger partial charge in [0.25, 0.3) is 0 Å². The SMILES string of the molecule is O=C(C=Cc1cc(F)ccc1F)ONc1ccccc1. The van der Waals surface area contributed by atoms with Crippen LogP contribution in [0, 0.1) is 11.6 Å². The number of carbonyl (C=O) groups excluding carboxylic acids is 1. The maximum atomic E-state index is 13.3. The van der Waals surface area contributed by atoms with E-state index in [-0.39, 0.29) is 5.56 Å². The molecule has 0 bridgehead atoms. The Morgan fingerprint density at radius 3 is 2.60 bits per heavy atom. The molecule has 20 heavy (non-hydrogen) atoms. The first kappa shape index (κ1) is 13.7. The predicted octanol–water partition coefficient (Wildman–Crippen LogP) is 3.55. The van der Waals surface area contributed by atoms with Crippen LogP contribution in [-0.4, -0.2) is 5.97 Å². The number of rotatable bonds is 4. The fraction of sp³-hybridized carbons (Fsp3) is 0. The van der Waals surface area contributed by atoms with Crippen LogP contribution in [0.3, 0.4) is 0 Å². The molecule has 1 N–H and O–H groups in total. The molecule has 5 heteroatoms. The first-order chi connectivity index (χ1) is 9.65. The number of benzene rings is 2. The number of para-hydroxylation sites is 1. The number of hydrogen-bond acceptors (Lipinski definition) is 3. The maximum Gasteiger partial charge on any atom is 0.355 e. The topological polar surface area (TPSA) is 38.3 Å². The van der Waals surface area contributed by atoms with Gasteiger partial charge in [0.05, 0.1) is 5.69 Å². The van der Waals surface area contributed by atoms with Crippen LogP contribution < -0.4 is 5.48 Å². The average molecular weight is 275 g/mol. The zero-order valence-corrected chi connectivity index (χ0v) is 10.3. The standard InChI is InChI=1S/C15H11F2NO2/c16-12-7-8-14(17)11(10-12)6-9-15(19)20-18-13-4-2-1-3-5-13/h1-10,18H. The number of halogens is 2. The smallest absolute Gasteiger partial charge is 0.339 e. The lowest BCUT2D eigenvalue weighted by Gasteiger charge is -2.03. The molecule has 0 fully saturated rings. The van der Waals surface area contributed by atoms with Crippen LogP contribution in [0.15, 0.2) is 54.6 Å². The van der Waals surface area contributed by atoms with Gasteiger partial charge in [0.1, 0.15) is 11.6 Å². The summed E-state index contributed by atoms with van der Waals surface area (Å²) in [6.45, 7) is 0. The summed E-state index contributed by atoms with van der Waals surface area (Å²) in [6.07, 6.45) is 2.15. The summed E-state index contributed by atoms with van der Waals surface area (Å²) in [5.41, 5.74) is 3.01. The van der Waals surface area contributed by atoms with Gasteiger partial charge in [-0.05, 0) is 36.4 Å². The highest BCUT2D eigenvalue weighted by Crippen LogP contribution is 2.11. The van der Waals surface area contributed by atoms with Crippen molar-refractivity contribution in [3.05, 3.63) is 71.8 Å². The van der Waals surface area contributed by atoms with Crippen molar-refractivity contribution in [3.8, 4) is 0 Å². The van der Waals surface area contributed by atoms with Gasteiger partial charge in [-0.15, -0.1) is 0 Å². The number of anilines is 1. The Labute approximate surface area is 114 Å². The Morgan fingerprint density at radius 2 is 1.85 bits per heavy atom. The van der Waals surface area contributed by atoms with E-state index in [0.717, 1.165) is 30.4 Å². The van der Waals surface area contributed by atoms with Gasteiger partial charge in [0.15, 0.2) is 0 Å². The second-order valence-corrected chi connectivity index (χ2v) is 3.89. The largest absolute Gasteiger partial charge is 0.355 e. The number of nitrogens with one attached hydrogen (secondary N) is 1. The summed E-state index contributed by atoms with van der Waals surface area (Å²) in [6, 6.07) is 11.8. The predicted molar refractivity (Wildman–Crippen MR) is 71.5 cm³/mol. The van der Waals surface area contributed by atoms with Gasteiger partial charge in [-0.2, -0.15) is 0 Å². The molecule has 0 aliphatic carbocycles. The first-order valence-electron chi connectivity index (χ1n) is 5.80. The van der Waals surface area contributed by atoms with Crippen LogP contribution in [0.5, 0.6) is 0 Å². The minimum atomic E-state index is -0.725. The molecule has 0 aromatic heterocycles. The average Bonchev–Trinajstić information content (AvgIpc) is 2.47. The molecular weight excluding hydrogens is 264 g/mol. The second kappa shape index (κ2) is 6.47. The van der Waals surface area contributed by atoms with E-state index in [1.54, 1.807) is 24.3 Å². The lowest BCUT2D eigenvalue weighted by molar-refractivity contribution is -0.134. The van der Waals surface area contributed by atoms with E-state index < -0.39 is 17.6 Å². The normalized spacial score (nSPS) is 10.5. The van der Waals surface area contributed by atoms with Crippen LogP contribution in [0.4, 0.5) is 14.5 Å². The number of carbonyl (C=O) groups is 1. The molecule has 3 nitrogen and oxygen atoms in total. The van der Waals surface area contributed by atoms with Crippen molar-refractivity contribution >= 4 is 17.7 Å². The molecule has 102 valence electrons. The second-order valence-electron chi connectivity index (χ2n) is 3.89. The van der Waals surface area contributed by atoms with Crippen LogP contribution in [-0.2, 0) is 9.63 Å². The molecule has 2 aromatic rings. The van der Waals surface area contributed by atoms with E-state index in [1.807, 2.05) is 6.07 Å². The Balaban J connectivity index is 1.94. The Kier molecular flexibility index (Phi) is 4.44. The lowest BCUT2D eigenvalue weighted by Crippen LogP contribution is -2.07. The molecule has 0 heterocycles. The van der Waals surface area contributed by atoms with E-state index in [9.17, 15) is 13.6 Å². The molecule has 0 radical (unpaired) electrons. The summed E-state index contributed by atoms with van der Waals surface area (Å²) in [5, 5.41) is 0. The van der Waals surface area contributed by atoms with Crippen molar-refractivity contribution in [2.45, 2.75) is 0 Å². The van der Waals surface area contributed by atoms with E-state index in [1.165, 1.54) is 0 Å². The molecule has 0 atom stereocenters. The lowest BCUT2D eigenvalue weighted by atomic mass is 10.2. The van der Waals surface area contributed by atoms with Gasteiger partial charge in [0.2, 0.25) is 0 Å². The Bertz CT molecular complexity index is 627. The van der Waals surface area contributed by atoms with Crippen molar-refractivity contribution in [3.63, 3.8) is 0 Å². The van der Waals surface area contributed by atoms with Crippen molar-refractivity contribution in [2.75, 3.05) is 5.48 Å². The third kappa shape index (κ3) is 3.91. The summed E-state index contributed by atoms with van der Waals surface area (Å²) >= 11 is 0. The zero-order valence-electron chi connectivity index (χ0n) is 10.3. The van der Waals surface area contributed by atoms with Crippen molar-refractivity contribution < 1.29 is 18.4 Å². The quantitative estimate of drug-likeness (QED) is 0.685. The molecule has 0 amide bonds. The number of hydrogen-bond donors (Lipinski definition) is 1. The maximum absolute atomic E-state index is 13.3. The van der Waals surface area contributed by atoms with E-state index in [0.29, 0.717) is 5.69 Å². The highest BCUT2D eigenvalue weighted by molar-refractivity contribution is 5.87. The van der Waals surface area contributed by atoms with Crippen LogP contribution in [0.1, 0.15) is 5.56 Å². The molecule has 2 rings (SSSR count). The van der Waals surface area contributed by atoms with Gasteiger partial charge in [-0.25, -0.2) is 19.1 Å². The molecule has 0 unspecified atom stereocenters. The van der Waals surface area contributed by atoms with Gasteiger partial charge in [-0.1, -0.05) is 18.2 Å². The minimum absolute atomic E-state index is 0.0262. The van der Waals surface area contributed by atoms with Gasteiger partial charge >= 0.3 is 5.97 Å². The van der Waals surface area contributed by atoms with E-state index in [4.69, 9.17) is 4.84 Å². The third-order valence-electron chi connectivity index (χ3n) is 2.40. The summed E-state index contributed by atoms with van der Waals surface area (Å²) < 4.78 is 26.2. The zero-order chi connectivity index (χ0) is 14.4. The third-order valence-corrected chi connectivity index (χ3v) is 2.40. The molecule has 0 saturated heterocycles.